The predicted molar refractivity (Wildman–Crippen MR) is 145 cm³/mol. The van der Waals surface area contributed by atoms with Crippen molar-refractivity contribution in [3.63, 3.8) is 0 Å². The van der Waals surface area contributed by atoms with Crippen molar-refractivity contribution in [2.45, 2.75) is 10.6 Å². The maximum Gasteiger partial charge on any atom is 0.181 e. The number of aromatic nitrogens is 5. The Morgan fingerprint density at radius 2 is 1.34 bits per heavy atom. The third-order valence-electron chi connectivity index (χ3n) is 6.52. The lowest BCUT2D eigenvalue weighted by molar-refractivity contribution is 0.473. The van der Waals surface area contributed by atoms with Gasteiger partial charge in [-0.3, -0.25) is 4.21 Å². The standard InChI is InChI=1S/C30H22FN5OS/c1-38(37)26-17-18-32-28(34-26)27-25-19-24(31)20-33-29(25)36(35-27)30(21-11-5-2-6-12-21,22-13-7-3-8-14-22)23-15-9-4-10-16-23/h2-20H,1H3. The van der Waals surface area contributed by atoms with Gasteiger partial charge >= 0.3 is 0 Å². The highest BCUT2D eigenvalue weighted by atomic mass is 32.2. The second kappa shape index (κ2) is 9.72. The molecule has 6 nitrogen and oxygen atoms in total. The fourth-order valence-electron chi connectivity index (χ4n) is 4.90. The summed E-state index contributed by atoms with van der Waals surface area (Å²) in [6.07, 6.45) is 4.28. The predicted octanol–water partition coefficient (Wildman–Crippen LogP) is 5.61. The number of nitrogens with zero attached hydrogens (tertiary/aromatic N) is 5. The molecule has 0 saturated heterocycles. The van der Waals surface area contributed by atoms with E-state index in [9.17, 15) is 8.60 Å². The smallest absolute Gasteiger partial charge is 0.181 e. The Labute approximate surface area is 221 Å². The third-order valence-corrected chi connectivity index (χ3v) is 7.33. The average molecular weight is 520 g/mol. The zero-order valence-electron chi connectivity index (χ0n) is 20.4. The summed E-state index contributed by atoms with van der Waals surface area (Å²) in [7, 11) is -1.33. The van der Waals surface area contributed by atoms with Crippen LogP contribution in [0.2, 0.25) is 0 Å². The average Bonchev–Trinajstić information content (AvgIpc) is 3.34. The SMILES string of the molecule is CS(=O)c1ccnc(-c2nn(C(c3ccccc3)(c3ccccc3)c3ccccc3)c3ncc(F)cc23)n1. The van der Waals surface area contributed by atoms with E-state index in [1.807, 2.05) is 95.7 Å². The molecule has 8 heteroatoms. The van der Waals surface area contributed by atoms with E-state index in [1.54, 1.807) is 12.3 Å². The van der Waals surface area contributed by atoms with Gasteiger partial charge in [0, 0.05) is 12.5 Å². The molecule has 0 amide bonds. The van der Waals surface area contributed by atoms with Gasteiger partial charge in [0.25, 0.3) is 0 Å². The Morgan fingerprint density at radius 1 is 0.789 bits per heavy atom. The third kappa shape index (κ3) is 3.90. The molecule has 0 aliphatic heterocycles. The van der Waals surface area contributed by atoms with Crippen LogP contribution in [0.3, 0.4) is 0 Å². The van der Waals surface area contributed by atoms with Crippen molar-refractivity contribution in [3.05, 3.63) is 138 Å². The molecule has 6 aromatic rings. The number of benzene rings is 3. The lowest BCUT2D eigenvalue weighted by Gasteiger charge is -2.36. The van der Waals surface area contributed by atoms with Crippen molar-refractivity contribution in [3.8, 4) is 11.5 Å². The summed E-state index contributed by atoms with van der Waals surface area (Å²) in [5.74, 6) is -0.254. The number of hydrogen-bond donors (Lipinski definition) is 0. The van der Waals surface area contributed by atoms with E-state index in [0.717, 1.165) is 16.7 Å². The van der Waals surface area contributed by atoms with E-state index in [0.29, 0.717) is 21.8 Å². The highest BCUT2D eigenvalue weighted by Crippen LogP contribution is 2.43. The molecular weight excluding hydrogens is 497 g/mol. The first kappa shape index (κ1) is 23.8. The minimum Gasteiger partial charge on any atom is -0.253 e. The molecule has 3 aromatic heterocycles. The van der Waals surface area contributed by atoms with Crippen molar-refractivity contribution in [1.29, 1.82) is 0 Å². The summed E-state index contributed by atoms with van der Waals surface area (Å²) in [6.45, 7) is 0. The monoisotopic (exact) mass is 519 g/mol. The van der Waals surface area contributed by atoms with Crippen LogP contribution < -0.4 is 0 Å². The van der Waals surface area contributed by atoms with Gasteiger partial charge in [-0.25, -0.2) is 24.0 Å². The number of pyridine rings is 1. The van der Waals surface area contributed by atoms with Gasteiger partial charge < -0.3 is 0 Å². The zero-order chi connectivity index (χ0) is 26.1. The Morgan fingerprint density at radius 3 is 1.87 bits per heavy atom. The summed E-state index contributed by atoms with van der Waals surface area (Å²) in [5.41, 5.74) is 2.70. The quantitative estimate of drug-likeness (QED) is 0.211. The molecule has 0 fully saturated rings. The first-order chi connectivity index (χ1) is 18.6. The topological polar surface area (TPSA) is 73.6 Å². The van der Waals surface area contributed by atoms with Crippen molar-refractivity contribution in [1.82, 2.24) is 24.7 Å². The Bertz CT molecular complexity index is 1660. The highest BCUT2D eigenvalue weighted by molar-refractivity contribution is 7.84. The molecule has 3 heterocycles. The number of hydrogen-bond acceptors (Lipinski definition) is 5. The first-order valence-electron chi connectivity index (χ1n) is 12.0. The van der Waals surface area contributed by atoms with Crippen LogP contribution in [0, 0.1) is 5.82 Å². The summed E-state index contributed by atoms with van der Waals surface area (Å²) >= 11 is 0. The summed E-state index contributed by atoms with van der Waals surface area (Å²) in [6, 6.07) is 33.1. The lowest BCUT2D eigenvalue weighted by atomic mass is 9.77. The fraction of sp³-hybridized carbons (Fsp3) is 0.0667. The van der Waals surface area contributed by atoms with Gasteiger partial charge in [0.1, 0.15) is 22.1 Å². The molecule has 186 valence electrons. The van der Waals surface area contributed by atoms with Crippen molar-refractivity contribution in [2.75, 3.05) is 6.26 Å². The van der Waals surface area contributed by atoms with Crippen molar-refractivity contribution < 1.29 is 8.60 Å². The molecular formula is C30H22FN5OS. The van der Waals surface area contributed by atoms with Crippen LogP contribution in [0.5, 0.6) is 0 Å². The van der Waals surface area contributed by atoms with Gasteiger partial charge in [0.05, 0.1) is 22.4 Å². The Hall–Kier alpha value is -4.56. The van der Waals surface area contributed by atoms with Gasteiger partial charge in [-0.1, -0.05) is 91.0 Å². The normalized spacial score (nSPS) is 12.5. The van der Waals surface area contributed by atoms with E-state index >= 15 is 0 Å². The second-order valence-electron chi connectivity index (χ2n) is 8.77. The first-order valence-corrected chi connectivity index (χ1v) is 13.5. The lowest BCUT2D eigenvalue weighted by Crippen LogP contribution is -2.38. The maximum absolute atomic E-state index is 14.6. The molecule has 1 atom stereocenters. The van der Waals surface area contributed by atoms with Gasteiger partial charge in [0.15, 0.2) is 11.5 Å². The number of fused-ring (bicyclic) bond motifs is 1. The summed E-state index contributed by atoms with van der Waals surface area (Å²) in [5, 5.41) is 5.88. The second-order valence-corrected chi connectivity index (χ2v) is 10.1. The van der Waals surface area contributed by atoms with Gasteiger partial charge in [0.2, 0.25) is 0 Å². The van der Waals surface area contributed by atoms with Crippen LogP contribution in [0.15, 0.2) is 121 Å². The van der Waals surface area contributed by atoms with Gasteiger partial charge in [-0.15, -0.1) is 0 Å². The fourth-order valence-corrected chi connectivity index (χ4v) is 5.36. The van der Waals surface area contributed by atoms with Crippen LogP contribution in [0.4, 0.5) is 4.39 Å². The molecule has 0 saturated carbocycles. The maximum atomic E-state index is 14.6. The molecule has 0 spiro atoms. The molecule has 38 heavy (non-hydrogen) atoms. The minimum atomic E-state index is -1.33. The van der Waals surface area contributed by atoms with Gasteiger partial charge in [-0.2, -0.15) is 5.10 Å². The Balaban J connectivity index is 1.77. The molecule has 0 aliphatic carbocycles. The van der Waals surface area contributed by atoms with Crippen LogP contribution in [0.1, 0.15) is 16.7 Å². The zero-order valence-corrected chi connectivity index (χ0v) is 21.2. The highest BCUT2D eigenvalue weighted by Gasteiger charge is 2.41. The van der Waals surface area contributed by atoms with E-state index in [-0.39, 0.29) is 5.82 Å². The number of rotatable bonds is 6. The molecule has 0 aliphatic rings. The Kier molecular flexibility index (Phi) is 6.09. The van der Waals surface area contributed by atoms with E-state index in [1.165, 1.54) is 18.5 Å². The largest absolute Gasteiger partial charge is 0.253 e. The molecule has 0 N–H and O–H groups in total. The van der Waals surface area contributed by atoms with Gasteiger partial charge in [-0.05, 0) is 28.8 Å². The minimum absolute atomic E-state index is 0.247. The van der Waals surface area contributed by atoms with Crippen molar-refractivity contribution in [2.24, 2.45) is 0 Å². The molecule has 1 unspecified atom stereocenters. The van der Waals surface area contributed by atoms with Crippen LogP contribution in [-0.2, 0) is 16.3 Å². The van der Waals surface area contributed by atoms with Crippen LogP contribution in [0.25, 0.3) is 22.6 Å². The van der Waals surface area contributed by atoms with Crippen molar-refractivity contribution >= 4 is 21.8 Å². The van der Waals surface area contributed by atoms with Crippen LogP contribution in [-0.4, -0.2) is 35.2 Å². The number of halogens is 1. The van der Waals surface area contributed by atoms with Crippen LogP contribution >= 0.6 is 0 Å². The summed E-state index contributed by atoms with van der Waals surface area (Å²) in [4.78, 5) is 13.4. The van der Waals surface area contributed by atoms with E-state index in [4.69, 9.17) is 5.10 Å². The molecule has 6 rings (SSSR count). The summed E-state index contributed by atoms with van der Waals surface area (Å²) < 4.78 is 28.6. The molecule has 0 bridgehead atoms. The van der Waals surface area contributed by atoms with E-state index in [2.05, 4.69) is 15.0 Å². The molecule has 0 radical (unpaired) electrons. The van der Waals surface area contributed by atoms with E-state index < -0.39 is 22.2 Å². The molecule has 3 aromatic carbocycles.